The third-order valence-corrected chi connectivity index (χ3v) is 5.97. The normalized spacial score (nSPS) is 14.8. The number of halogens is 1. The second-order valence-corrected chi connectivity index (χ2v) is 8.87. The maximum absolute atomic E-state index is 12.7. The number of rotatable bonds is 8. The molecular formula is C24H28ClN5O4. The fraction of sp³-hybridized carbons (Fsp3) is 0.375. The predicted molar refractivity (Wildman–Crippen MR) is 132 cm³/mol. The summed E-state index contributed by atoms with van der Waals surface area (Å²) in [5, 5.41) is 18.5. The highest BCUT2D eigenvalue weighted by atomic mass is 35.5. The molecule has 10 heteroatoms. The van der Waals surface area contributed by atoms with Crippen LogP contribution in [-0.2, 0) is 4.79 Å². The van der Waals surface area contributed by atoms with Crippen LogP contribution in [0.1, 0.15) is 49.0 Å². The largest absolute Gasteiger partial charge is 0.366 e. The van der Waals surface area contributed by atoms with Gasteiger partial charge in [-0.05, 0) is 43.4 Å². The number of nitro benzene ring substituents is 1. The first-order valence-electron chi connectivity index (χ1n) is 11.2. The Morgan fingerprint density at radius 3 is 2.50 bits per heavy atom. The molecule has 0 aromatic heterocycles. The van der Waals surface area contributed by atoms with Crippen molar-refractivity contribution < 1.29 is 14.5 Å². The Kier molecular flexibility index (Phi) is 8.59. The number of anilines is 1. The molecule has 1 heterocycles. The number of nitrogens with one attached hydrogen (secondary N) is 2. The summed E-state index contributed by atoms with van der Waals surface area (Å²) in [6.07, 6.45) is 4.50. The zero-order valence-electron chi connectivity index (χ0n) is 19.2. The van der Waals surface area contributed by atoms with Crippen LogP contribution in [0.25, 0.3) is 0 Å². The Balaban J connectivity index is 1.68. The van der Waals surface area contributed by atoms with Crippen LogP contribution in [0.4, 0.5) is 11.4 Å². The molecule has 2 N–H and O–H groups in total. The van der Waals surface area contributed by atoms with Gasteiger partial charge in [-0.25, -0.2) is 5.43 Å². The van der Waals surface area contributed by atoms with Gasteiger partial charge in [-0.3, -0.25) is 19.7 Å². The number of benzene rings is 2. The first-order valence-corrected chi connectivity index (χ1v) is 11.6. The number of carbonyl (C=O) groups is 2. The van der Waals surface area contributed by atoms with Crippen LogP contribution in [0.3, 0.4) is 0 Å². The molecular weight excluding hydrogens is 458 g/mol. The molecule has 2 aromatic rings. The fourth-order valence-electron chi connectivity index (χ4n) is 3.81. The van der Waals surface area contributed by atoms with Crippen LogP contribution in [0.15, 0.2) is 47.6 Å². The summed E-state index contributed by atoms with van der Waals surface area (Å²) in [6, 6.07) is 10.6. The maximum Gasteiger partial charge on any atom is 0.293 e. The van der Waals surface area contributed by atoms with Gasteiger partial charge in [0.15, 0.2) is 0 Å². The third kappa shape index (κ3) is 6.32. The Labute approximate surface area is 203 Å². The van der Waals surface area contributed by atoms with Crippen molar-refractivity contribution in [1.29, 1.82) is 0 Å². The molecule has 1 aliphatic heterocycles. The van der Waals surface area contributed by atoms with E-state index < -0.39 is 22.8 Å². The fourth-order valence-corrected chi connectivity index (χ4v) is 4.03. The van der Waals surface area contributed by atoms with Gasteiger partial charge in [-0.15, -0.1) is 0 Å². The molecule has 0 saturated carbocycles. The minimum absolute atomic E-state index is 0.00392. The maximum atomic E-state index is 12.7. The highest BCUT2D eigenvalue weighted by Gasteiger charge is 2.25. The molecule has 0 spiro atoms. The highest BCUT2D eigenvalue weighted by molar-refractivity contribution is 6.33. The number of amides is 2. The number of carbonyl (C=O) groups excluding carboxylic acids is 2. The predicted octanol–water partition coefficient (Wildman–Crippen LogP) is 4.14. The zero-order valence-corrected chi connectivity index (χ0v) is 19.9. The molecule has 1 aliphatic rings. The van der Waals surface area contributed by atoms with Crippen LogP contribution in [0.2, 0.25) is 5.02 Å². The average molecular weight is 486 g/mol. The minimum atomic E-state index is -0.850. The van der Waals surface area contributed by atoms with Crippen LogP contribution in [-0.4, -0.2) is 42.1 Å². The molecule has 180 valence electrons. The number of hydrogen-bond donors (Lipinski definition) is 2. The molecule has 9 nitrogen and oxygen atoms in total. The summed E-state index contributed by atoms with van der Waals surface area (Å²) in [6.45, 7) is 5.18. The summed E-state index contributed by atoms with van der Waals surface area (Å²) in [4.78, 5) is 38.5. The Hall–Kier alpha value is -3.46. The third-order valence-electron chi connectivity index (χ3n) is 5.64. The van der Waals surface area contributed by atoms with Gasteiger partial charge in [0.25, 0.3) is 17.5 Å². The lowest BCUT2D eigenvalue weighted by Crippen LogP contribution is -2.48. The Bertz CT molecular complexity index is 1080. The number of piperidine rings is 1. The molecule has 1 atom stereocenters. The van der Waals surface area contributed by atoms with Gasteiger partial charge < -0.3 is 10.2 Å². The van der Waals surface area contributed by atoms with Crippen LogP contribution in [0.5, 0.6) is 0 Å². The summed E-state index contributed by atoms with van der Waals surface area (Å²) in [5.41, 5.74) is 3.76. The van der Waals surface area contributed by atoms with Crippen LogP contribution in [0, 0.1) is 16.0 Å². The van der Waals surface area contributed by atoms with Crippen molar-refractivity contribution in [2.24, 2.45) is 11.0 Å². The summed E-state index contributed by atoms with van der Waals surface area (Å²) < 4.78 is 0. The van der Waals surface area contributed by atoms with E-state index in [1.165, 1.54) is 12.3 Å². The van der Waals surface area contributed by atoms with E-state index in [-0.39, 0.29) is 22.2 Å². The zero-order chi connectivity index (χ0) is 24.7. The SMILES string of the molecule is CC(C)C(NC(=O)c1ccccc1Cl)C(=O)N/N=C\c1ccc(N2CCCCC2)c([N+](=O)[O-])c1. The van der Waals surface area contributed by atoms with Crippen molar-refractivity contribution in [3.8, 4) is 0 Å². The van der Waals surface area contributed by atoms with E-state index in [9.17, 15) is 19.7 Å². The van der Waals surface area contributed by atoms with E-state index in [0.29, 0.717) is 11.3 Å². The van der Waals surface area contributed by atoms with Gasteiger partial charge in [0, 0.05) is 24.7 Å². The Morgan fingerprint density at radius 1 is 1.15 bits per heavy atom. The van der Waals surface area contributed by atoms with E-state index in [1.807, 2.05) is 4.90 Å². The topological polar surface area (TPSA) is 117 Å². The van der Waals surface area contributed by atoms with Crippen molar-refractivity contribution in [3.05, 3.63) is 68.7 Å². The van der Waals surface area contributed by atoms with Crippen molar-refractivity contribution >= 4 is 41.0 Å². The van der Waals surface area contributed by atoms with E-state index in [2.05, 4.69) is 15.8 Å². The molecule has 3 rings (SSSR count). The monoisotopic (exact) mass is 485 g/mol. The van der Waals surface area contributed by atoms with E-state index in [0.717, 1.165) is 32.4 Å². The Morgan fingerprint density at radius 2 is 1.85 bits per heavy atom. The molecule has 0 radical (unpaired) electrons. The molecule has 2 amide bonds. The van der Waals surface area contributed by atoms with E-state index >= 15 is 0 Å². The first-order chi connectivity index (χ1) is 16.3. The summed E-state index contributed by atoms with van der Waals surface area (Å²) >= 11 is 6.07. The van der Waals surface area contributed by atoms with Crippen LogP contribution < -0.4 is 15.6 Å². The lowest BCUT2D eigenvalue weighted by Gasteiger charge is -2.28. The number of nitrogens with zero attached hydrogens (tertiary/aromatic N) is 3. The molecule has 1 unspecified atom stereocenters. The summed E-state index contributed by atoms with van der Waals surface area (Å²) in [7, 11) is 0. The first kappa shape index (κ1) is 25.2. The average Bonchev–Trinajstić information content (AvgIpc) is 2.82. The highest BCUT2D eigenvalue weighted by Crippen LogP contribution is 2.31. The van der Waals surface area contributed by atoms with Crippen molar-refractivity contribution in [3.63, 3.8) is 0 Å². The van der Waals surface area contributed by atoms with Gasteiger partial charge in [0.2, 0.25) is 0 Å². The van der Waals surface area contributed by atoms with E-state index in [4.69, 9.17) is 11.6 Å². The molecule has 2 aromatic carbocycles. The van der Waals surface area contributed by atoms with Gasteiger partial charge in [0.05, 0.1) is 21.7 Å². The lowest BCUT2D eigenvalue weighted by molar-refractivity contribution is -0.384. The molecule has 1 saturated heterocycles. The summed E-state index contributed by atoms with van der Waals surface area (Å²) in [5.74, 6) is -1.19. The second-order valence-electron chi connectivity index (χ2n) is 8.46. The number of hydrogen-bond acceptors (Lipinski definition) is 6. The molecule has 1 fully saturated rings. The number of hydrazone groups is 1. The molecule has 0 aliphatic carbocycles. The molecule has 0 bridgehead atoms. The van der Waals surface area contributed by atoms with Crippen LogP contribution >= 0.6 is 11.6 Å². The quantitative estimate of drug-likeness (QED) is 0.331. The lowest BCUT2D eigenvalue weighted by atomic mass is 10.0. The van der Waals surface area contributed by atoms with Crippen molar-refractivity contribution in [1.82, 2.24) is 10.7 Å². The molecule has 34 heavy (non-hydrogen) atoms. The van der Waals surface area contributed by atoms with E-state index in [1.54, 1.807) is 50.2 Å². The number of nitro groups is 1. The van der Waals surface area contributed by atoms with Gasteiger partial charge in [0.1, 0.15) is 11.7 Å². The van der Waals surface area contributed by atoms with Crippen molar-refractivity contribution in [2.75, 3.05) is 18.0 Å². The minimum Gasteiger partial charge on any atom is -0.366 e. The van der Waals surface area contributed by atoms with Crippen molar-refractivity contribution in [2.45, 2.75) is 39.2 Å². The van der Waals surface area contributed by atoms with Gasteiger partial charge >= 0.3 is 0 Å². The second kappa shape index (κ2) is 11.6. The standard InChI is InChI=1S/C24H28ClN5O4/c1-16(2)22(27-23(31)18-8-4-5-9-19(18)25)24(32)28-26-15-17-10-11-20(21(14-17)30(33)34)29-12-6-3-7-13-29/h4-5,8-11,14-16,22H,3,6-7,12-13H2,1-2H3,(H,27,31)(H,28,32)/b26-15-. The smallest absolute Gasteiger partial charge is 0.293 e. The van der Waals surface area contributed by atoms with Gasteiger partial charge in [-0.1, -0.05) is 43.6 Å². The van der Waals surface area contributed by atoms with Gasteiger partial charge in [-0.2, -0.15) is 5.10 Å².